The fourth-order valence-corrected chi connectivity index (χ4v) is 1.97. The molecule has 2 aliphatic rings. The number of fused-ring (bicyclic) bond motifs is 2. The molecule has 2 rings (SSSR count). The van der Waals surface area contributed by atoms with Crippen molar-refractivity contribution in [3.63, 3.8) is 0 Å². The summed E-state index contributed by atoms with van der Waals surface area (Å²) >= 11 is 0. The lowest BCUT2D eigenvalue weighted by Crippen LogP contribution is -2.38. The maximum atomic E-state index is 10.3. The van der Waals surface area contributed by atoms with Gasteiger partial charge < -0.3 is 4.74 Å². The number of carbonyl (C=O) groups excluding carboxylic acids is 1. The number of rotatable bonds is 3. The smallest absolute Gasteiger partial charge is 0.146 e. The van der Waals surface area contributed by atoms with Crippen molar-refractivity contribution in [1.29, 1.82) is 0 Å². The van der Waals surface area contributed by atoms with E-state index in [1.54, 1.807) is 0 Å². The minimum atomic E-state index is 0.412. The number of hydrogen-bond acceptors (Lipinski definition) is 3. The highest BCUT2D eigenvalue weighted by atomic mass is 16.5. The van der Waals surface area contributed by atoms with E-state index in [4.69, 9.17) is 4.74 Å². The monoisotopic (exact) mass is 167 g/mol. The second kappa shape index (κ2) is 2.99. The van der Waals surface area contributed by atoms with Crippen LogP contribution in [0.3, 0.4) is 0 Å². The molecule has 2 saturated heterocycles. The van der Waals surface area contributed by atoms with Crippen molar-refractivity contribution < 1.29 is 9.53 Å². The van der Waals surface area contributed by atoms with E-state index in [2.05, 4.69) is 11.5 Å². The van der Waals surface area contributed by atoms with Crippen LogP contribution in [0.15, 0.2) is 12.2 Å². The SMILES string of the molecule is C=C(C=O)CN1CC2CC1CO2. The van der Waals surface area contributed by atoms with E-state index in [1.807, 2.05) is 0 Å². The minimum Gasteiger partial charge on any atom is -0.375 e. The molecule has 0 aliphatic carbocycles. The van der Waals surface area contributed by atoms with E-state index < -0.39 is 0 Å². The highest BCUT2D eigenvalue weighted by molar-refractivity contribution is 5.72. The summed E-state index contributed by atoms with van der Waals surface area (Å²) in [7, 11) is 0. The van der Waals surface area contributed by atoms with Crippen LogP contribution in [0.4, 0.5) is 0 Å². The molecule has 0 aromatic carbocycles. The molecule has 66 valence electrons. The van der Waals surface area contributed by atoms with Gasteiger partial charge in [-0.1, -0.05) is 6.58 Å². The van der Waals surface area contributed by atoms with Gasteiger partial charge in [0.05, 0.1) is 12.7 Å². The van der Waals surface area contributed by atoms with Gasteiger partial charge in [-0.05, 0) is 12.0 Å². The zero-order chi connectivity index (χ0) is 8.55. The van der Waals surface area contributed by atoms with Gasteiger partial charge in [-0.3, -0.25) is 9.69 Å². The molecule has 0 amide bonds. The van der Waals surface area contributed by atoms with Crippen molar-refractivity contribution in [3.8, 4) is 0 Å². The maximum Gasteiger partial charge on any atom is 0.146 e. The molecule has 0 radical (unpaired) electrons. The summed E-state index contributed by atoms with van der Waals surface area (Å²) in [5.74, 6) is 0. The van der Waals surface area contributed by atoms with Crippen molar-refractivity contribution in [1.82, 2.24) is 4.90 Å². The Labute approximate surface area is 72.0 Å². The minimum absolute atomic E-state index is 0.412. The van der Waals surface area contributed by atoms with Gasteiger partial charge in [0, 0.05) is 19.1 Å². The first kappa shape index (κ1) is 7.95. The summed E-state index contributed by atoms with van der Waals surface area (Å²) in [6.07, 6.45) is 2.38. The number of likely N-dealkylation sites (tertiary alicyclic amines) is 1. The van der Waals surface area contributed by atoms with Crippen molar-refractivity contribution in [2.24, 2.45) is 0 Å². The first-order valence-electron chi connectivity index (χ1n) is 4.28. The van der Waals surface area contributed by atoms with Crippen LogP contribution in [0, 0.1) is 0 Å². The Morgan fingerprint density at radius 2 is 2.58 bits per heavy atom. The first-order valence-corrected chi connectivity index (χ1v) is 4.28. The fourth-order valence-electron chi connectivity index (χ4n) is 1.97. The third-order valence-corrected chi connectivity index (χ3v) is 2.59. The van der Waals surface area contributed by atoms with Gasteiger partial charge in [-0.25, -0.2) is 0 Å². The van der Waals surface area contributed by atoms with Gasteiger partial charge in [-0.2, -0.15) is 0 Å². The number of ether oxygens (including phenoxy) is 1. The molecule has 2 bridgehead atoms. The molecule has 0 N–H and O–H groups in total. The lowest BCUT2D eigenvalue weighted by molar-refractivity contribution is -0.105. The van der Waals surface area contributed by atoms with Crippen LogP contribution in [-0.2, 0) is 9.53 Å². The summed E-state index contributed by atoms with van der Waals surface area (Å²) in [4.78, 5) is 12.6. The van der Waals surface area contributed by atoms with Crippen molar-refractivity contribution in [3.05, 3.63) is 12.2 Å². The quantitative estimate of drug-likeness (QED) is 0.444. The van der Waals surface area contributed by atoms with Crippen LogP contribution < -0.4 is 0 Å². The Hall–Kier alpha value is -0.670. The number of carbonyl (C=O) groups is 1. The third kappa shape index (κ3) is 1.30. The average molecular weight is 167 g/mol. The molecular weight excluding hydrogens is 154 g/mol. The Kier molecular flexibility index (Phi) is 1.98. The Bertz CT molecular complexity index is 215. The molecule has 2 fully saturated rings. The van der Waals surface area contributed by atoms with Crippen molar-refractivity contribution >= 4 is 6.29 Å². The fraction of sp³-hybridized carbons (Fsp3) is 0.667. The summed E-state index contributed by atoms with van der Waals surface area (Å²) in [6.45, 7) is 6.19. The Morgan fingerprint density at radius 1 is 1.75 bits per heavy atom. The second-order valence-corrected chi connectivity index (χ2v) is 3.55. The lowest BCUT2D eigenvalue weighted by Gasteiger charge is -2.26. The van der Waals surface area contributed by atoms with Crippen LogP contribution in [-0.4, -0.2) is 43.0 Å². The standard InChI is InChI=1S/C9H13NO2/c1-7(5-11)3-10-4-9-2-8(10)6-12-9/h5,8-9H,1-4,6H2. The number of morpholine rings is 1. The molecule has 3 nitrogen and oxygen atoms in total. The maximum absolute atomic E-state index is 10.3. The summed E-state index contributed by atoms with van der Waals surface area (Å²) < 4.78 is 5.44. The largest absolute Gasteiger partial charge is 0.375 e. The van der Waals surface area contributed by atoms with E-state index in [1.165, 1.54) is 0 Å². The van der Waals surface area contributed by atoms with Gasteiger partial charge in [0.1, 0.15) is 6.29 Å². The van der Waals surface area contributed by atoms with Crippen LogP contribution >= 0.6 is 0 Å². The third-order valence-electron chi connectivity index (χ3n) is 2.59. The van der Waals surface area contributed by atoms with Crippen molar-refractivity contribution in [2.45, 2.75) is 18.6 Å². The predicted octanol–water partition coefficient (Wildman–Crippen LogP) is 0.215. The van der Waals surface area contributed by atoms with Gasteiger partial charge in [0.2, 0.25) is 0 Å². The molecular formula is C9H13NO2. The summed E-state index contributed by atoms with van der Waals surface area (Å²) in [5.41, 5.74) is 0.669. The van der Waals surface area contributed by atoms with Crippen LogP contribution in [0.5, 0.6) is 0 Å². The number of nitrogens with zero attached hydrogens (tertiary/aromatic N) is 1. The molecule has 0 saturated carbocycles. The van der Waals surface area contributed by atoms with Gasteiger partial charge >= 0.3 is 0 Å². The molecule has 2 heterocycles. The highest BCUT2D eigenvalue weighted by Gasteiger charge is 2.38. The molecule has 0 spiro atoms. The normalized spacial score (nSPS) is 34.0. The van der Waals surface area contributed by atoms with Gasteiger partial charge in [0.15, 0.2) is 0 Å². The van der Waals surface area contributed by atoms with Crippen LogP contribution in [0.25, 0.3) is 0 Å². The van der Waals surface area contributed by atoms with Gasteiger partial charge in [0.25, 0.3) is 0 Å². The number of aldehydes is 1. The number of hydrogen-bond donors (Lipinski definition) is 0. The zero-order valence-electron chi connectivity index (χ0n) is 7.03. The molecule has 2 atom stereocenters. The topological polar surface area (TPSA) is 29.5 Å². The molecule has 2 unspecified atom stereocenters. The van der Waals surface area contributed by atoms with Crippen LogP contribution in [0.1, 0.15) is 6.42 Å². The Morgan fingerprint density at radius 3 is 3.08 bits per heavy atom. The summed E-state index contributed by atoms with van der Waals surface area (Å²) in [5, 5.41) is 0. The molecule has 12 heavy (non-hydrogen) atoms. The lowest BCUT2D eigenvalue weighted by atomic mass is 10.2. The van der Waals surface area contributed by atoms with Crippen LogP contribution in [0.2, 0.25) is 0 Å². The van der Waals surface area contributed by atoms with Crippen molar-refractivity contribution in [2.75, 3.05) is 19.7 Å². The summed E-state index contributed by atoms with van der Waals surface area (Å²) in [6, 6.07) is 0.534. The second-order valence-electron chi connectivity index (χ2n) is 3.55. The van der Waals surface area contributed by atoms with E-state index in [-0.39, 0.29) is 0 Å². The first-order chi connectivity index (χ1) is 5.79. The van der Waals surface area contributed by atoms with E-state index in [9.17, 15) is 4.79 Å². The van der Waals surface area contributed by atoms with E-state index >= 15 is 0 Å². The Balaban J connectivity index is 1.90. The average Bonchev–Trinajstić information content (AvgIpc) is 2.64. The zero-order valence-corrected chi connectivity index (χ0v) is 7.03. The highest BCUT2D eigenvalue weighted by Crippen LogP contribution is 2.27. The molecule has 3 heteroatoms. The predicted molar refractivity (Wildman–Crippen MR) is 44.9 cm³/mol. The molecule has 2 aliphatic heterocycles. The molecule has 0 aromatic rings. The van der Waals surface area contributed by atoms with Gasteiger partial charge in [-0.15, -0.1) is 0 Å². The molecule has 0 aromatic heterocycles. The van der Waals surface area contributed by atoms with E-state index in [0.29, 0.717) is 24.3 Å². The van der Waals surface area contributed by atoms with E-state index in [0.717, 1.165) is 25.9 Å².